The summed E-state index contributed by atoms with van der Waals surface area (Å²) in [7, 11) is 0. The van der Waals surface area contributed by atoms with Gasteiger partial charge in [0, 0.05) is 16.7 Å². The SMILES string of the molecule is O=C1S/C(=C\c2ccc(-c3cccc(Cl)c3)o2)C(=O)N1c1ccccc1Cl. The van der Waals surface area contributed by atoms with Crippen LogP contribution in [0.15, 0.2) is 70.0 Å². The van der Waals surface area contributed by atoms with Gasteiger partial charge in [0.15, 0.2) is 0 Å². The number of carbonyl (C=O) groups is 2. The average molecular weight is 416 g/mol. The fourth-order valence-electron chi connectivity index (χ4n) is 2.66. The number of anilines is 1. The van der Waals surface area contributed by atoms with Gasteiger partial charge in [0.2, 0.25) is 0 Å². The van der Waals surface area contributed by atoms with Crippen LogP contribution in [0.2, 0.25) is 10.0 Å². The molecule has 7 heteroatoms. The van der Waals surface area contributed by atoms with Crippen molar-refractivity contribution in [3.63, 3.8) is 0 Å². The number of nitrogens with zero attached hydrogens (tertiary/aromatic N) is 1. The summed E-state index contributed by atoms with van der Waals surface area (Å²) in [6.45, 7) is 0. The molecule has 1 saturated heterocycles. The number of para-hydroxylation sites is 1. The number of carbonyl (C=O) groups excluding carboxylic acids is 2. The van der Waals surface area contributed by atoms with Crippen LogP contribution in [0, 0.1) is 0 Å². The predicted octanol–water partition coefficient (Wildman–Crippen LogP) is 6.49. The first-order valence-electron chi connectivity index (χ1n) is 7.91. The van der Waals surface area contributed by atoms with Crippen LogP contribution in [0.4, 0.5) is 10.5 Å². The minimum absolute atomic E-state index is 0.270. The van der Waals surface area contributed by atoms with E-state index in [1.807, 2.05) is 12.1 Å². The lowest BCUT2D eigenvalue weighted by Gasteiger charge is -2.13. The molecule has 0 unspecified atom stereocenters. The van der Waals surface area contributed by atoms with Gasteiger partial charge in [-0.1, -0.05) is 47.5 Å². The van der Waals surface area contributed by atoms with Crippen molar-refractivity contribution >= 4 is 57.9 Å². The average Bonchev–Trinajstić information content (AvgIpc) is 3.21. The number of thioether (sulfide) groups is 1. The van der Waals surface area contributed by atoms with Gasteiger partial charge in [0.1, 0.15) is 11.5 Å². The second kappa shape index (κ2) is 7.27. The third kappa shape index (κ3) is 3.54. The molecule has 2 heterocycles. The molecule has 134 valence electrons. The van der Waals surface area contributed by atoms with E-state index >= 15 is 0 Å². The molecule has 4 nitrogen and oxygen atoms in total. The van der Waals surface area contributed by atoms with Gasteiger partial charge in [0.05, 0.1) is 15.6 Å². The van der Waals surface area contributed by atoms with E-state index in [9.17, 15) is 9.59 Å². The van der Waals surface area contributed by atoms with Gasteiger partial charge >= 0.3 is 0 Å². The number of benzene rings is 2. The molecule has 27 heavy (non-hydrogen) atoms. The highest BCUT2D eigenvalue weighted by Crippen LogP contribution is 2.38. The molecule has 0 saturated carbocycles. The Morgan fingerprint density at radius 2 is 1.78 bits per heavy atom. The molecule has 2 amide bonds. The summed E-state index contributed by atoms with van der Waals surface area (Å²) in [5.74, 6) is 0.655. The van der Waals surface area contributed by atoms with Crippen LogP contribution in [-0.2, 0) is 4.79 Å². The predicted molar refractivity (Wildman–Crippen MR) is 109 cm³/mol. The maximum Gasteiger partial charge on any atom is 0.298 e. The monoisotopic (exact) mass is 415 g/mol. The molecule has 1 aliphatic rings. The summed E-state index contributed by atoms with van der Waals surface area (Å²) in [6, 6.07) is 17.5. The van der Waals surface area contributed by atoms with Crippen molar-refractivity contribution in [3.8, 4) is 11.3 Å². The molecule has 0 spiro atoms. The van der Waals surface area contributed by atoms with Crippen molar-refractivity contribution < 1.29 is 14.0 Å². The van der Waals surface area contributed by atoms with E-state index in [0.29, 0.717) is 27.3 Å². The highest BCUT2D eigenvalue weighted by molar-refractivity contribution is 8.19. The molecule has 1 aliphatic heterocycles. The van der Waals surface area contributed by atoms with Crippen LogP contribution in [0.5, 0.6) is 0 Å². The fourth-order valence-corrected chi connectivity index (χ4v) is 3.89. The number of rotatable bonds is 3. The van der Waals surface area contributed by atoms with E-state index in [4.69, 9.17) is 27.6 Å². The number of hydrogen-bond acceptors (Lipinski definition) is 4. The maximum absolute atomic E-state index is 12.7. The van der Waals surface area contributed by atoms with E-state index in [1.54, 1.807) is 54.6 Å². The van der Waals surface area contributed by atoms with Gasteiger partial charge in [-0.05, 0) is 48.2 Å². The molecule has 4 rings (SSSR count). The molecule has 1 aromatic heterocycles. The molecule has 0 radical (unpaired) electrons. The Labute approximate surface area is 169 Å². The summed E-state index contributed by atoms with van der Waals surface area (Å²) < 4.78 is 5.78. The van der Waals surface area contributed by atoms with Gasteiger partial charge in [0.25, 0.3) is 11.1 Å². The summed E-state index contributed by atoms with van der Waals surface area (Å²) in [4.78, 5) is 26.4. The Kier molecular flexibility index (Phi) is 4.83. The Bertz CT molecular complexity index is 1090. The third-order valence-electron chi connectivity index (χ3n) is 3.90. The minimum atomic E-state index is -0.432. The molecule has 0 atom stereocenters. The topological polar surface area (TPSA) is 50.5 Å². The van der Waals surface area contributed by atoms with Crippen molar-refractivity contribution in [2.24, 2.45) is 0 Å². The van der Waals surface area contributed by atoms with Crippen LogP contribution >= 0.6 is 35.0 Å². The lowest BCUT2D eigenvalue weighted by molar-refractivity contribution is -0.113. The van der Waals surface area contributed by atoms with E-state index in [0.717, 1.165) is 22.2 Å². The lowest BCUT2D eigenvalue weighted by Crippen LogP contribution is -2.27. The standard InChI is InChI=1S/C20H11Cl2NO3S/c21-13-5-3-4-12(10-13)17-9-8-14(26-17)11-18-19(24)23(20(25)27-18)16-7-2-1-6-15(16)22/h1-11H/b18-11-. The van der Waals surface area contributed by atoms with Gasteiger partial charge in [-0.15, -0.1) is 0 Å². The number of furan rings is 1. The zero-order valence-electron chi connectivity index (χ0n) is 13.7. The summed E-state index contributed by atoms with van der Waals surface area (Å²) in [6.07, 6.45) is 1.55. The van der Waals surface area contributed by atoms with E-state index in [-0.39, 0.29) is 4.91 Å². The van der Waals surface area contributed by atoms with E-state index in [1.165, 1.54) is 0 Å². The van der Waals surface area contributed by atoms with Crippen molar-refractivity contribution in [1.82, 2.24) is 0 Å². The molecule has 1 fully saturated rings. The molecule has 0 N–H and O–H groups in total. The van der Waals surface area contributed by atoms with Crippen molar-refractivity contribution in [2.75, 3.05) is 4.90 Å². The quantitative estimate of drug-likeness (QED) is 0.458. The van der Waals surface area contributed by atoms with Crippen LogP contribution in [0.1, 0.15) is 5.76 Å². The Morgan fingerprint density at radius 3 is 2.56 bits per heavy atom. The van der Waals surface area contributed by atoms with E-state index in [2.05, 4.69) is 0 Å². The first-order valence-corrected chi connectivity index (χ1v) is 9.48. The highest BCUT2D eigenvalue weighted by Gasteiger charge is 2.37. The van der Waals surface area contributed by atoms with Crippen LogP contribution in [0.25, 0.3) is 17.4 Å². The second-order valence-corrected chi connectivity index (χ2v) is 7.52. The normalized spacial score (nSPS) is 15.8. The molecule has 3 aromatic rings. The van der Waals surface area contributed by atoms with Crippen molar-refractivity contribution in [1.29, 1.82) is 0 Å². The summed E-state index contributed by atoms with van der Waals surface area (Å²) >= 11 is 13.0. The summed E-state index contributed by atoms with van der Waals surface area (Å²) in [5, 5.41) is 0.537. The largest absolute Gasteiger partial charge is 0.457 e. The van der Waals surface area contributed by atoms with Crippen LogP contribution in [0.3, 0.4) is 0 Å². The van der Waals surface area contributed by atoms with Crippen molar-refractivity contribution in [3.05, 3.63) is 81.4 Å². The van der Waals surface area contributed by atoms with Crippen LogP contribution < -0.4 is 4.90 Å². The van der Waals surface area contributed by atoms with Gasteiger partial charge in [-0.25, -0.2) is 4.90 Å². The molecular formula is C20H11Cl2NO3S. The molecular weight excluding hydrogens is 405 g/mol. The van der Waals surface area contributed by atoms with Crippen LogP contribution in [-0.4, -0.2) is 11.1 Å². The van der Waals surface area contributed by atoms with Gasteiger partial charge < -0.3 is 4.42 Å². The number of amides is 2. The number of imide groups is 1. The molecule has 0 bridgehead atoms. The number of hydrogen-bond donors (Lipinski definition) is 0. The summed E-state index contributed by atoms with van der Waals surface area (Å²) in [5.41, 5.74) is 1.19. The lowest BCUT2D eigenvalue weighted by atomic mass is 10.2. The first kappa shape index (κ1) is 17.9. The zero-order chi connectivity index (χ0) is 19.0. The smallest absolute Gasteiger partial charge is 0.298 e. The second-order valence-electron chi connectivity index (χ2n) is 5.68. The van der Waals surface area contributed by atoms with E-state index < -0.39 is 11.1 Å². The Hall–Kier alpha value is -2.47. The minimum Gasteiger partial charge on any atom is -0.457 e. The van der Waals surface area contributed by atoms with Gasteiger partial charge in [-0.2, -0.15) is 0 Å². The molecule has 2 aromatic carbocycles. The maximum atomic E-state index is 12.7. The first-order chi connectivity index (χ1) is 13.0. The Balaban J connectivity index is 1.63. The van der Waals surface area contributed by atoms with Gasteiger partial charge in [-0.3, -0.25) is 9.59 Å². The fraction of sp³-hybridized carbons (Fsp3) is 0. The molecule has 0 aliphatic carbocycles. The number of halogens is 2. The third-order valence-corrected chi connectivity index (χ3v) is 5.32. The highest BCUT2D eigenvalue weighted by atomic mass is 35.5. The zero-order valence-corrected chi connectivity index (χ0v) is 16.0. The Morgan fingerprint density at radius 1 is 0.963 bits per heavy atom. The van der Waals surface area contributed by atoms with Crippen molar-refractivity contribution in [2.45, 2.75) is 0 Å².